The first-order valence-electron chi connectivity index (χ1n) is 12.0. The highest BCUT2D eigenvalue weighted by molar-refractivity contribution is 5.80. The van der Waals surface area contributed by atoms with Gasteiger partial charge in [-0.3, -0.25) is 14.7 Å². The van der Waals surface area contributed by atoms with E-state index in [9.17, 15) is 5.11 Å². The first kappa shape index (κ1) is 22.7. The minimum Gasteiger partial charge on any atom is -0.391 e. The lowest BCUT2D eigenvalue weighted by Gasteiger charge is -2.44. The number of rotatable bonds is 5. The summed E-state index contributed by atoms with van der Waals surface area (Å²) in [5.74, 6) is 0.804. The average molecular weight is 460 g/mol. The third kappa shape index (κ3) is 3.71. The van der Waals surface area contributed by atoms with Crippen molar-refractivity contribution >= 4 is 10.9 Å². The van der Waals surface area contributed by atoms with E-state index >= 15 is 0 Å². The molecule has 0 aliphatic carbocycles. The molecule has 8 heteroatoms. The highest BCUT2D eigenvalue weighted by atomic mass is 16.3. The molecule has 0 radical (unpaired) electrons. The van der Waals surface area contributed by atoms with E-state index in [0.29, 0.717) is 13.1 Å². The molecule has 5 rings (SSSR count). The predicted octanol–water partition coefficient (Wildman–Crippen LogP) is 3.59. The molecule has 1 aromatic carbocycles. The van der Waals surface area contributed by atoms with Crippen molar-refractivity contribution in [1.29, 1.82) is 0 Å². The Hall–Kier alpha value is -3.10. The van der Waals surface area contributed by atoms with Crippen LogP contribution in [0.1, 0.15) is 48.4 Å². The molecule has 0 spiro atoms. The van der Waals surface area contributed by atoms with Crippen molar-refractivity contribution in [2.24, 2.45) is 7.05 Å². The normalized spacial score (nSPS) is 21.4. The number of hydrogen-bond acceptors (Lipinski definition) is 6. The molecular formula is C26H33N7O. The van der Waals surface area contributed by atoms with Crippen molar-refractivity contribution in [2.75, 3.05) is 13.1 Å². The van der Waals surface area contributed by atoms with E-state index < -0.39 is 6.10 Å². The van der Waals surface area contributed by atoms with Gasteiger partial charge in [0.2, 0.25) is 0 Å². The van der Waals surface area contributed by atoms with Crippen molar-refractivity contribution in [3.8, 4) is 11.3 Å². The molecule has 4 heterocycles. The maximum absolute atomic E-state index is 11.4. The molecule has 1 aliphatic rings. The van der Waals surface area contributed by atoms with Crippen LogP contribution in [0.5, 0.6) is 0 Å². The fourth-order valence-electron chi connectivity index (χ4n) is 5.51. The van der Waals surface area contributed by atoms with Crippen LogP contribution in [0.4, 0.5) is 0 Å². The van der Waals surface area contributed by atoms with Gasteiger partial charge in [-0.1, -0.05) is 25.1 Å². The van der Waals surface area contributed by atoms with Crippen molar-refractivity contribution in [3.63, 3.8) is 0 Å². The van der Waals surface area contributed by atoms with Crippen molar-refractivity contribution in [1.82, 2.24) is 34.8 Å². The predicted molar refractivity (Wildman–Crippen MR) is 132 cm³/mol. The zero-order chi connectivity index (χ0) is 24.0. The molecule has 0 unspecified atom stereocenters. The SMILES string of the molecule is CC[C@@]1(c2cc(-c3c(C)nn(C)c3C)n[nH]2)CCN(Cc2nc(C)c3ccccc3n2)C[C@@H]1O. The molecular weight excluding hydrogens is 426 g/mol. The van der Waals surface area contributed by atoms with E-state index in [1.807, 2.05) is 43.8 Å². The number of aromatic amines is 1. The number of fused-ring (bicyclic) bond motifs is 1. The van der Waals surface area contributed by atoms with Crippen LogP contribution >= 0.6 is 0 Å². The summed E-state index contributed by atoms with van der Waals surface area (Å²) < 4.78 is 1.89. The molecule has 1 aliphatic heterocycles. The molecule has 0 saturated carbocycles. The van der Waals surface area contributed by atoms with Crippen LogP contribution in [-0.4, -0.2) is 59.1 Å². The van der Waals surface area contributed by atoms with E-state index in [1.54, 1.807) is 0 Å². The number of benzene rings is 1. The Kier molecular flexibility index (Phi) is 5.73. The standard InChI is InChI=1S/C26H33N7O/c1-6-26(22-13-21(29-30-22)25-17(3)31-32(5)18(25)4)11-12-33(14-23(26)34)15-24-27-16(2)19-9-7-8-10-20(19)28-24/h7-10,13,23,34H,6,11-12,14-15H2,1-5H3,(H,29,30)/t23-,26-/m0/s1. The Morgan fingerprint density at radius 3 is 2.65 bits per heavy atom. The number of aliphatic hydroxyl groups excluding tert-OH is 1. The zero-order valence-corrected chi connectivity index (χ0v) is 20.6. The van der Waals surface area contributed by atoms with Gasteiger partial charge < -0.3 is 5.11 Å². The Morgan fingerprint density at radius 2 is 1.94 bits per heavy atom. The van der Waals surface area contributed by atoms with Crippen molar-refractivity contribution < 1.29 is 5.11 Å². The molecule has 178 valence electrons. The van der Waals surface area contributed by atoms with E-state index in [-0.39, 0.29) is 5.41 Å². The number of aromatic nitrogens is 6. The van der Waals surface area contributed by atoms with Gasteiger partial charge >= 0.3 is 0 Å². The first-order valence-corrected chi connectivity index (χ1v) is 12.0. The monoisotopic (exact) mass is 459 g/mol. The second-order valence-electron chi connectivity index (χ2n) is 9.59. The van der Waals surface area contributed by atoms with Crippen LogP contribution in [0, 0.1) is 20.8 Å². The number of hydrogen-bond donors (Lipinski definition) is 2. The minimum absolute atomic E-state index is 0.355. The van der Waals surface area contributed by atoms with Gasteiger partial charge in [-0.05, 0) is 52.3 Å². The molecule has 1 fully saturated rings. The number of nitrogens with zero attached hydrogens (tertiary/aromatic N) is 6. The van der Waals surface area contributed by atoms with Gasteiger partial charge in [-0.25, -0.2) is 9.97 Å². The molecule has 34 heavy (non-hydrogen) atoms. The molecule has 4 aromatic rings. The van der Waals surface area contributed by atoms with Gasteiger partial charge in [0, 0.05) is 47.0 Å². The van der Waals surface area contributed by atoms with E-state index in [4.69, 9.17) is 9.97 Å². The number of piperidine rings is 1. The van der Waals surface area contributed by atoms with Crippen molar-refractivity contribution in [3.05, 3.63) is 58.9 Å². The Morgan fingerprint density at radius 1 is 1.15 bits per heavy atom. The summed E-state index contributed by atoms with van der Waals surface area (Å²) in [4.78, 5) is 11.8. The lowest BCUT2D eigenvalue weighted by molar-refractivity contribution is -0.00863. The average Bonchev–Trinajstić information content (AvgIpc) is 3.38. The molecule has 8 nitrogen and oxygen atoms in total. The number of H-pyrrole nitrogens is 1. The summed E-state index contributed by atoms with van der Waals surface area (Å²) in [6, 6.07) is 10.2. The lowest BCUT2D eigenvalue weighted by atomic mass is 9.71. The number of nitrogens with one attached hydrogen (secondary N) is 1. The highest BCUT2D eigenvalue weighted by Gasteiger charge is 2.44. The maximum atomic E-state index is 11.4. The number of β-amino-alcohol motifs (C(OH)–C–C–N with tert-alkyl or cyclic N) is 1. The van der Waals surface area contributed by atoms with Crippen LogP contribution in [0.2, 0.25) is 0 Å². The maximum Gasteiger partial charge on any atom is 0.143 e. The summed E-state index contributed by atoms with van der Waals surface area (Å²) in [5, 5.41) is 24.9. The van der Waals surface area contributed by atoms with Crippen LogP contribution < -0.4 is 0 Å². The van der Waals surface area contributed by atoms with Crippen LogP contribution in [0.15, 0.2) is 30.3 Å². The lowest BCUT2D eigenvalue weighted by Crippen LogP contribution is -2.53. The van der Waals surface area contributed by atoms with Crippen molar-refractivity contribution in [2.45, 2.75) is 58.6 Å². The topological polar surface area (TPSA) is 95.8 Å². The molecule has 0 bridgehead atoms. The summed E-state index contributed by atoms with van der Waals surface area (Å²) in [7, 11) is 1.95. The Labute approximate surface area is 200 Å². The smallest absolute Gasteiger partial charge is 0.143 e. The van der Waals surface area contributed by atoms with Gasteiger partial charge in [0.05, 0.1) is 29.6 Å². The first-order chi connectivity index (χ1) is 16.3. The number of aryl methyl sites for hydroxylation is 3. The van der Waals surface area contributed by atoms with Gasteiger partial charge in [-0.2, -0.15) is 10.2 Å². The fourth-order valence-corrected chi connectivity index (χ4v) is 5.51. The quantitative estimate of drug-likeness (QED) is 0.474. The summed E-state index contributed by atoms with van der Waals surface area (Å²) >= 11 is 0. The number of aliphatic hydroxyl groups is 1. The molecule has 0 amide bonds. The van der Waals surface area contributed by atoms with Gasteiger partial charge in [0.15, 0.2) is 0 Å². The van der Waals surface area contributed by atoms with E-state index in [2.05, 4.69) is 46.2 Å². The summed E-state index contributed by atoms with van der Waals surface area (Å²) in [6.45, 7) is 10.3. The molecule has 2 N–H and O–H groups in total. The van der Waals surface area contributed by atoms with Gasteiger partial charge in [0.1, 0.15) is 5.82 Å². The number of para-hydroxylation sites is 1. The van der Waals surface area contributed by atoms with E-state index in [1.165, 1.54) is 0 Å². The Bertz CT molecular complexity index is 1340. The second-order valence-corrected chi connectivity index (χ2v) is 9.59. The summed E-state index contributed by atoms with van der Waals surface area (Å²) in [5.41, 5.74) is 6.60. The third-order valence-electron chi connectivity index (χ3n) is 7.66. The minimum atomic E-state index is -0.516. The second kappa shape index (κ2) is 8.60. The van der Waals surface area contributed by atoms with E-state index in [0.717, 1.165) is 70.1 Å². The molecule has 3 aromatic heterocycles. The highest BCUT2D eigenvalue weighted by Crippen LogP contribution is 2.40. The van der Waals surface area contributed by atoms with Crippen LogP contribution in [0.3, 0.4) is 0 Å². The number of likely N-dealkylation sites (tertiary alicyclic amines) is 1. The van der Waals surface area contributed by atoms with Crippen LogP contribution in [-0.2, 0) is 19.0 Å². The largest absolute Gasteiger partial charge is 0.391 e. The van der Waals surface area contributed by atoms with Gasteiger partial charge in [0.25, 0.3) is 0 Å². The Balaban J connectivity index is 1.37. The summed E-state index contributed by atoms with van der Waals surface area (Å²) in [6.07, 6.45) is 1.15. The molecule has 2 atom stereocenters. The fraction of sp³-hybridized carbons (Fsp3) is 0.462. The zero-order valence-electron chi connectivity index (χ0n) is 20.6. The van der Waals surface area contributed by atoms with Gasteiger partial charge in [-0.15, -0.1) is 0 Å². The third-order valence-corrected chi connectivity index (χ3v) is 7.66. The molecule has 1 saturated heterocycles. The van der Waals surface area contributed by atoms with Crippen LogP contribution in [0.25, 0.3) is 22.2 Å².